The third-order valence-electron chi connectivity index (χ3n) is 4.34. The van der Waals surface area contributed by atoms with Crippen LogP contribution in [0.2, 0.25) is 0 Å². The summed E-state index contributed by atoms with van der Waals surface area (Å²) in [7, 11) is 0. The molecule has 2 aromatic carbocycles. The lowest BCUT2D eigenvalue weighted by molar-refractivity contribution is 0.273. The van der Waals surface area contributed by atoms with Gasteiger partial charge >= 0.3 is 0 Å². The Bertz CT molecular complexity index is 828. The largest absolute Gasteiger partial charge is 0.504 e. The van der Waals surface area contributed by atoms with Crippen LogP contribution in [0.25, 0.3) is 16.7 Å². The molecule has 0 saturated heterocycles. The van der Waals surface area contributed by atoms with E-state index in [-0.39, 0.29) is 17.2 Å². The van der Waals surface area contributed by atoms with Crippen LogP contribution in [0, 0.1) is 0 Å². The summed E-state index contributed by atoms with van der Waals surface area (Å²) < 4.78 is 5.64. The first-order chi connectivity index (χ1) is 12.7. The zero-order valence-electron chi connectivity index (χ0n) is 15.1. The van der Waals surface area contributed by atoms with Crippen molar-refractivity contribution < 1.29 is 14.9 Å². The number of nitrogens with zero attached hydrogens (tertiary/aromatic N) is 3. The van der Waals surface area contributed by atoms with Gasteiger partial charge in [-0.05, 0) is 30.7 Å². The van der Waals surface area contributed by atoms with E-state index in [1.165, 1.54) is 36.5 Å². The molecule has 0 fully saturated rings. The van der Waals surface area contributed by atoms with E-state index < -0.39 is 0 Å². The van der Waals surface area contributed by atoms with Gasteiger partial charge in [0.25, 0.3) is 0 Å². The molecule has 0 aliphatic heterocycles. The zero-order valence-corrected chi connectivity index (χ0v) is 15.1. The highest BCUT2D eigenvalue weighted by atomic mass is 16.5. The average Bonchev–Trinajstić information content (AvgIpc) is 3.07. The number of hydrogen-bond donors (Lipinski definition) is 2. The monoisotopic (exact) mass is 355 g/mol. The second kappa shape index (κ2) is 8.56. The Labute approximate surface area is 153 Å². The summed E-state index contributed by atoms with van der Waals surface area (Å²) in [5.74, 6) is -0.164. The maximum atomic E-state index is 10.5. The Hall–Kier alpha value is -2.76. The van der Waals surface area contributed by atoms with Gasteiger partial charge in [-0.25, -0.2) is 0 Å². The zero-order chi connectivity index (χ0) is 18.4. The fourth-order valence-electron chi connectivity index (χ4n) is 2.88. The third kappa shape index (κ3) is 4.07. The summed E-state index contributed by atoms with van der Waals surface area (Å²) in [5, 5.41) is 29.3. The van der Waals surface area contributed by atoms with E-state index in [9.17, 15) is 10.2 Å². The molecule has 0 amide bonds. The maximum Gasteiger partial charge on any atom is 0.205 e. The van der Waals surface area contributed by atoms with Crippen LogP contribution < -0.4 is 4.74 Å². The van der Waals surface area contributed by atoms with Crippen molar-refractivity contribution in [1.82, 2.24) is 15.0 Å². The number of unbranched alkanes of at least 4 members (excludes halogenated alkanes) is 5. The minimum Gasteiger partial charge on any atom is -0.504 e. The van der Waals surface area contributed by atoms with Crippen molar-refractivity contribution >= 4 is 11.0 Å². The van der Waals surface area contributed by atoms with Crippen LogP contribution in [-0.2, 0) is 0 Å². The quantitative estimate of drug-likeness (QED) is 0.550. The summed E-state index contributed by atoms with van der Waals surface area (Å²) in [6.45, 7) is 2.64. The third-order valence-corrected chi connectivity index (χ3v) is 4.34. The van der Waals surface area contributed by atoms with Gasteiger partial charge in [-0.3, -0.25) is 0 Å². The molecule has 138 valence electrons. The number of hydrogen-bond acceptors (Lipinski definition) is 5. The number of phenols is 2. The molecule has 0 aliphatic rings. The smallest absolute Gasteiger partial charge is 0.205 e. The van der Waals surface area contributed by atoms with E-state index >= 15 is 0 Å². The molecule has 1 heterocycles. The summed E-state index contributed by atoms with van der Waals surface area (Å²) in [5.41, 5.74) is 1.83. The van der Waals surface area contributed by atoms with Crippen LogP contribution >= 0.6 is 0 Å². The van der Waals surface area contributed by atoms with Crippen molar-refractivity contribution in [1.29, 1.82) is 0 Å². The second-order valence-electron chi connectivity index (χ2n) is 6.38. The lowest BCUT2D eigenvalue weighted by Crippen LogP contribution is -2.02. The molecule has 6 nitrogen and oxygen atoms in total. The van der Waals surface area contributed by atoms with Gasteiger partial charge < -0.3 is 14.9 Å². The van der Waals surface area contributed by atoms with Gasteiger partial charge in [-0.15, -0.1) is 15.0 Å². The van der Waals surface area contributed by atoms with Gasteiger partial charge in [0, 0.05) is 0 Å². The lowest BCUT2D eigenvalue weighted by atomic mass is 10.1. The van der Waals surface area contributed by atoms with Gasteiger partial charge in [0.1, 0.15) is 16.7 Å². The molecular formula is C20H25N3O3. The molecule has 0 bridgehead atoms. The molecule has 0 spiro atoms. The van der Waals surface area contributed by atoms with Crippen LogP contribution in [0.4, 0.5) is 0 Å². The molecule has 0 saturated carbocycles. The van der Waals surface area contributed by atoms with Gasteiger partial charge in [0.05, 0.1) is 6.61 Å². The normalized spacial score (nSPS) is 11.1. The Morgan fingerprint density at radius 2 is 1.54 bits per heavy atom. The van der Waals surface area contributed by atoms with Gasteiger partial charge in [0.15, 0.2) is 11.5 Å². The Kier molecular flexibility index (Phi) is 5.94. The van der Waals surface area contributed by atoms with Gasteiger partial charge in [-0.2, -0.15) is 0 Å². The molecule has 0 aliphatic carbocycles. The van der Waals surface area contributed by atoms with Crippen LogP contribution in [-0.4, -0.2) is 31.8 Å². The molecule has 26 heavy (non-hydrogen) atoms. The van der Waals surface area contributed by atoms with Crippen molar-refractivity contribution in [3.8, 4) is 22.9 Å². The van der Waals surface area contributed by atoms with E-state index in [0.29, 0.717) is 12.3 Å². The predicted molar refractivity (Wildman–Crippen MR) is 101 cm³/mol. The number of benzene rings is 2. The van der Waals surface area contributed by atoms with Crippen molar-refractivity contribution in [3.05, 3.63) is 36.4 Å². The van der Waals surface area contributed by atoms with Crippen LogP contribution in [0.3, 0.4) is 0 Å². The first kappa shape index (κ1) is 18.0. The number of rotatable bonds is 9. The first-order valence-corrected chi connectivity index (χ1v) is 9.21. The highest BCUT2D eigenvalue weighted by Gasteiger charge is 2.17. The molecule has 0 atom stereocenters. The summed E-state index contributed by atoms with van der Waals surface area (Å²) in [4.78, 5) is 1.36. The van der Waals surface area contributed by atoms with Gasteiger partial charge in [-0.1, -0.05) is 51.2 Å². The fraction of sp³-hybridized carbons (Fsp3) is 0.400. The Balaban J connectivity index is 1.70. The number of fused-ring (bicyclic) bond motifs is 1. The van der Waals surface area contributed by atoms with Gasteiger partial charge in [0.2, 0.25) is 5.75 Å². The van der Waals surface area contributed by atoms with E-state index in [0.717, 1.165) is 23.9 Å². The summed E-state index contributed by atoms with van der Waals surface area (Å²) in [6, 6.07) is 10.5. The highest BCUT2D eigenvalue weighted by molar-refractivity contribution is 5.74. The number of aromatic hydroxyl groups is 2. The molecule has 3 rings (SSSR count). The van der Waals surface area contributed by atoms with Crippen LogP contribution in [0.1, 0.15) is 45.4 Å². The van der Waals surface area contributed by atoms with E-state index in [4.69, 9.17) is 4.74 Å². The fourth-order valence-corrected chi connectivity index (χ4v) is 2.88. The molecule has 6 heteroatoms. The molecular weight excluding hydrogens is 330 g/mol. The van der Waals surface area contributed by atoms with Crippen molar-refractivity contribution in [2.24, 2.45) is 0 Å². The van der Waals surface area contributed by atoms with E-state index in [1.807, 2.05) is 24.3 Å². The van der Waals surface area contributed by atoms with Crippen LogP contribution in [0.15, 0.2) is 36.4 Å². The topological polar surface area (TPSA) is 80.4 Å². The Morgan fingerprint density at radius 3 is 2.23 bits per heavy atom. The highest BCUT2D eigenvalue weighted by Crippen LogP contribution is 2.40. The van der Waals surface area contributed by atoms with Crippen molar-refractivity contribution in [2.75, 3.05) is 6.61 Å². The van der Waals surface area contributed by atoms with Crippen molar-refractivity contribution in [3.63, 3.8) is 0 Å². The van der Waals surface area contributed by atoms with Crippen LogP contribution in [0.5, 0.6) is 17.2 Å². The molecule has 1 aromatic heterocycles. The summed E-state index contributed by atoms with van der Waals surface area (Å²) >= 11 is 0. The first-order valence-electron chi connectivity index (χ1n) is 9.21. The minimum atomic E-state index is -0.156. The molecule has 0 radical (unpaired) electrons. The molecule has 3 aromatic rings. The summed E-state index contributed by atoms with van der Waals surface area (Å²) in [6.07, 6.45) is 6.86. The Morgan fingerprint density at radius 1 is 0.885 bits per heavy atom. The molecule has 0 unspecified atom stereocenters. The van der Waals surface area contributed by atoms with E-state index in [1.54, 1.807) is 6.07 Å². The van der Waals surface area contributed by atoms with Crippen molar-refractivity contribution in [2.45, 2.75) is 45.4 Å². The average molecular weight is 355 g/mol. The maximum absolute atomic E-state index is 10.5. The SMILES string of the molecule is CCCCCCCCOc1c(O)ccc(-n2nc3ccccc3n2)c1O. The predicted octanol–water partition coefficient (Wildman–Crippen LogP) is 4.57. The van der Waals surface area contributed by atoms with E-state index in [2.05, 4.69) is 17.1 Å². The lowest BCUT2D eigenvalue weighted by Gasteiger charge is -2.12. The molecule has 2 N–H and O–H groups in total. The minimum absolute atomic E-state index is 0.0809. The number of aromatic nitrogens is 3. The standard InChI is InChI=1S/C20H25N3O3/c1-2-3-4-5-6-9-14-26-20-18(24)13-12-17(19(20)25)23-21-15-10-7-8-11-16(15)22-23/h7-8,10-13,24-25H,2-6,9,14H2,1H3. The second-order valence-corrected chi connectivity index (χ2v) is 6.38. The number of phenolic OH excluding ortho intramolecular Hbond substituents is 2. The number of ether oxygens (including phenoxy) is 1.